The van der Waals surface area contributed by atoms with E-state index < -0.39 is 5.91 Å². The van der Waals surface area contributed by atoms with Crippen LogP contribution in [-0.2, 0) is 13.0 Å². The first kappa shape index (κ1) is 19.0. The minimum atomic E-state index is -0.401. The van der Waals surface area contributed by atoms with Crippen molar-refractivity contribution in [3.63, 3.8) is 0 Å². The maximum atomic E-state index is 12.6. The summed E-state index contributed by atoms with van der Waals surface area (Å²) in [5.41, 5.74) is 2.36. The Hall–Kier alpha value is -3.36. The summed E-state index contributed by atoms with van der Waals surface area (Å²) in [4.78, 5) is 28.3. The Kier molecular flexibility index (Phi) is 4.96. The van der Waals surface area contributed by atoms with Gasteiger partial charge in [0.05, 0.1) is 19.7 Å². The number of methoxy groups -OCH3 is 1. The molecule has 1 aliphatic rings. The van der Waals surface area contributed by atoms with E-state index >= 15 is 0 Å². The molecule has 0 aliphatic carbocycles. The minimum Gasteiger partial charge on any atom is -0.497 e. The number of aromatic amines is 1. The van der Waals surface area contributed by atoms with E-state index in [1.807, 2.05) is 38.2 Å². The fraction of sp³-hybridized carbons (Fsp3) is 0.400. The summed E-state index contributed by atoms with van der Waals surface area (Å²) >= 11 is 0. The monoisotopic (exact) mass is 396 g/mol. The van der Waals surface area contributed by atoms with Crippen molar-refractivity contribution in [2.45, 2.75) is 32.9 Å². The zero-order chi connectivity index (χ0) is 20.5. The first-order chi connectivity index (χ1) is 14.0. The number of nitrogens with zero attached hydrogens (tertiary/aromatic N) is 3. The average Bonchev–Trinajstić information content (AvgIpc) is 3.32. The number of hydrogen-bond acceptors (Lipinski definition) is 5. The predicted octanol–water partition coefficient (Wildman–Crippen LogP) is 1.51. The number of aromatic nitrogens is 4. The van der Waals surface area contributed by atoms with Gasteiger partial charge in [-0.25, -0.2) is 4.68 Å². The first-order valence-corrected chi connectivity index (χ1v) is 9.64. The number of benzene rings is 1. The molecule has 3 aromatic rings. The van der Waals surface area contributed by atoms with Gasteiger partial charge in [-0.2, -0.15) is 0 Å². The van der Waals surface area contributed by atoms with Crippen molar-refractivity contribution in [2.75, 3.05) is 13.7 Å². The van der Waals surface area contributed by atoms with Crippen molar-refractivity contribution >= 4 is 22.7 Å². The molecule has 0 fully saturated rings. The molecule has 0 saturated carbocycles. The van der Waals surface area contributed by atoms with Crippen LogP contribution < -0.4 is 15.4 Å². The Morgan fingerprint density at radius 1 is 1.41 bits per heavy atom. The largest absolute Gasteiger partial charge is 0.497 e. The molecule has 29 heavy (non-hydrogen) atoms. The van der Waals surface area contributed by atoms with E-state index in [9.17, 15) is 9.59 Å². The average molecular weight is 396 g/mol. The molecule has 3 heterocycles. The molecule has 1 aliphatic heterocycles. The van der Waals surface area contributed by atoms with E-state index in [0.717, 1.165) is 22.2 Å². The highest BCUT2D eigenvalue weighted by atomic mass is 16.5. The van der Waals surface area contributed by atoms with Gasteiger partial charge in [0.2, 0.25) is 0 Å². The third-order valence-corrected chi connectivity index (χ3v) is 5.31. The van der Waals surface area contributed by atoms with Gasteiger partial charge in [0.15, 0.2) is 11.4 Å². The predicted molar refractivity (Wildman–Crippen MR) is 107 cm³/mol. The summed E-state index contributed by atoms with van der Waals surface area (Å²) in [6.07, 6.45) is 2.56. The molecule has 152 valence electrons. The van der Waals surface area contributed by atoms with Gasteiger partial charge < -0.3 is 20.4 Å². The van der Waals surface area contributed by atoms with Crippen LogP contribution in [-0.4, -0.2) is 51.5 Å². The zero-order valence-corrected chi connectivity index (χ0v) is 16.7. The molecule has 3 N–H and O–H groups in total. The normalized spacial score (nSPS) is 16.0. The molecule has 0 unspecified atom stereocenters. The smallest absolute Gasteiger partial charge is 0.274 e. The Morgan fingerprint density at radius 2 is 2.24 bits per heavy atom. The second-order valence-corrected chi connectivity index (χ2v) is 7.52. The molecule has 1 atom stereocenters. The number of fused-ring (bicyclic) bond motifs is 2. The third-order valence-electron chi connectivity index (χ3n) is 5.31. The van der Waals surface area contributed by atoms with E-state index in [1.54, 1.807) is 7.11 Å². The molecule has 9 nitrogen and oxygen atoms in total. The van der Waals surface area contributed by atoms with E-state index in [0.29, 0.717) is 19.5 Å². The fourth-order valence-corrected chi connectivity index (χ4v) is 3.55. The van der Waals surface area contributed by atoms with Crippen LogP contribution >= 0.6 is 0 Å². The van der Waals surface area contributed by atoms with E-state index in [1.165, 1.54) is 4.68 Å². The summed E-state index contributed by atoms with van der Waals surface area (Å²) in [6, 6.07) is 5.80. The fourth-order valence-electron chi connectivity index (χ4n) is 3.55. The number of H-pyrrole nitrogens is 1. The Balaban J connectivity index is 1.43. The molecule has 9 heteroatoms. The number of carbonyl (C=O) groups is 2. The highest BCUT2D eigenvalue weighted by Gasteiger charge is 2.32. The number of rotatable bonds is 6. The second kappa shape index (κ2) is 7.57. The van der Waals surface area contributed by atoms with Crippen LogP contribution in [0.4, 0.5) is 0 Å². The number of carbonyl (C=O) groups excluding carboxylic acids is 2. The second-order valence-electron chi connectivity index (χ2n) is 7.52. The Bertz CT molecular complexity index is 1070. The van der Waals surface area contributed by atoms with Crippen molar-refractivity contribution in [3.05, 3.63) is 41.3 Å². The summed E-state index contributed by atoms with van der Waals surface area (Å²) in [5, 5.41) is 14.8. The molecule has 4 rings (SSSR count). The molecule has 0 bridgehead atoms. The summed E-state index contributed by atoms with van der Waals surface area (Å²) < 4.78 is 6.80. The van der Waals surface area contributed by atoms with Gasteiger partial charge in [0.1, 0.15) is 5.75 Å². The lowest BCUT2D eigenvalue weighted by atomic mass is 10.0. The van der Waals surface area contributed by atoms with Crippen LogP contribution in [0.3, 0.4) is 0 Å². The number of hydrogen-bond donors (Lipinski definition) is 3. The maximum absolute atomic E-state index is 12.6. The van der Waals surface area contributed by atoms with Gasteiger partial charge in [0, 0.05) is 23.6 Å². The van der Waals surface area contributed by atoms with Crippen molar-refractivity contribution in [1.82, 2.24) is 30.6 Å². The van der Waals surface area contributed by atoms with Gasteiger partial charge in [-0.15, -0.1) is 5.10 Å². The lowest BCUT2D eigenvalue weighted by Crippen LogP contribution is -2.48. The number of amides is 2. The molecule has 0 saturated heterocycles. The first-order valence-electron chi connectivity index (χ1n) is 9.64. The lowest BCUT2D eigenvalue weighted by Gasteiger charge is -2.27. The molecule has 2 aromatic heterocycles. The number of nitrogens with one attached hydrogen (secondary N) is 3. The van der Waals surface area contributed by atoms with Gasteiger partial charge in [-0.05, 0) is 36.1 Å². The quantitative estimate of drug-likeness (QED) is 0.584. The number of ether oxygens (including phenoxy) is 1. The van der Waals surface area contributed by atoms with Gasteiger partial charge in [0.25, 0.3) is 11.8 Å². The molecular formula is C20H24N6O3. The van der Waals surface area contributed by atoms with Crippen LogP contribution in [0.25, 0.3) is 10.9 Å². The lowest BCUT2D eigenvalue weighted by molar-refractivity contribution is 0.0862. The highest BCUT2D eigenvalue weighted by molar-refractivity contribution is 6.05. The van der Waals surface area contributed by atoms with Crippen LogP contribution in [0, 0.1) is 5.92 Å². The van der Waals surface area contributed by atoms with Crippen molar-refractivity contribution in [3.8, 4) is 5.75 Å². The molecule has 0 spiro atoms. The van der Waals surface area contributed by atoms with Crippen LogP contribution in [0.2, 0.25) is 0 Å². The summed E-state index contributed by atoms with van der Waals surface area (Å²) in [7, 11) is 1.63. The van der Waals surface area contributed by atoms with Crippen LogP contribution in [0.5, 0.6) is 5.75 Å². The van der Waals surface area contributed by atoms with E-state index in [4.69, 9.17) is 4.74 Å². The standard InChI is InChI=1S/C20H24N6O3/c1-11(2)16-10-26-18(20(28)23-16)17(24-25-26)19(27)21-7-6-12-9-22-15-5-4-13(29-3)8-14(12)15/h4-5,8-9,11,16,22H,6-7,10H2,1-3H3,(H,21,27)(H,23,28)/t16-/m1/s1. The van der Waals surface area contributed by atoms with Gasteiger partial charge >= 0.3 is 0 Å². The summed E-state index contributed by atoms with van der Waals surface area (Å²) in [5.74, 6) is 0.336. The molecule has 1 aromatic carbocycles. The highest BCUT2D eigenvalue weighted by Crippen LogP contribution is 2.24. The maximum Gasteiger partial charge on any atom is 0.274 e. The van der Waals surface area contributed by atoms with Crippen molar-refractivity contribution < 1.29 is 14.3 Å². The SMILES string of the molecule is COc1ccc2[nH]cc(CCNC(=O)c3nnn4c3C(=O)N[C@@H](C(C)C)C4)c2c1. The molecular weight excluding hydrogens is 372 g/mol. The van der Waals surface area contributed by atoms with E-state index in [2.05, 4.69) is 25.9 Å². The summed E-state index contributed by atoms with van der Waals surface area (Å²) in [6.45, 7) is 4.98. The van der Waals surface area contributed by atoms with Crippen LogP contribution in [0.15, 0.2) is 24.4 Å². The van der Waals surface area contributed by atoms with Crippen LogP contribution in [0.1, 0.15) is 40.4 Å². The molecule has 0 radical (unpaired) electrons. The van der Waals surface area contributed by atoms with E-state index in [-0.39, 0.29) is 29.3 Å². The molecule has 2 amide bonds. The van der Waals surface area contributed by atoms with Gasteiger partial charge in [-0.1, -0.05) is 19.1 Å². The zero-order valence-electron chi connectivity index (χ0n) is 16.7. The van der Waals surface area contributed by atoms with Gasteiger partial charge in [-0.3, -0.25) is 9.59 Å². The third kappa shape index (κ3) is 3.55. The Morgan fingerprint density at radius 3 is 3.00 bits per heavy atom. The van der Waals surface area contributed by atoms with Crippen molar-refractivity contribution in [1.29, 1.82) is 0 Å². The minimum absolute atomic E-state index is 0.0218. The topological polar surface area (TPSA) is 114 Å². The van der Waals surface area contributed by atoms with Crippen molar-refractivity contribution in [2.24, 2.45) is 5.92 Å². The Labute approximate surface area is 167 Å².